The lowest BCUT2D eigenvalue weighted by Crippen LogP contribution is -2.45. The molecular weight excluding hydrogens is 331 g/mol. The first-order valence-corrected chi connectivity index (χ1v) is 8.03. The van der Waals surface area contributed by atoms with Gasteiger partial charge in [0.25, 0.3) is 0 Å². The normalized spacial score (nSPS) is 17.2. The van der Waals surface area contributed by atoms with Crippen molar-refractivity contribution in [3.05, 3.63) is 16.4 Å². The van der Waals surface area contributed by atoms with Crippen LogP contribution >= 0.6 is 11.6 Å². The zero-order valence-corrected chi connectivity index (χ0v) is 14.3. The van der Waals surface area contributed by atoms with Crippen molar-refractivity contribution in [1.29, 1.82) is 0 Å². The Morgan fingerprint density at radius 3 is 2.43 bits per heavy atom. The van der Waals surface area contributed by atoms with E-state index in [9.17, 15) is 18.0 Å². The maximum absolute atomic E-state index is 13.1. The number of hydrogen-bond donors (Lipinski definition) is 1. The molecule has 1 heterocycles. The number of nitrogens with zero attached hydrogens (tertiary/aromatic N) is 2. The van der Waals surface area contributed by atoms with E-state index in [0.29, 0.717) is 12.1 Å². The second-order valence-electron chi connectivity index (χ2n) is 6.67. The summed E-state index contributed by atoms with van der Waals surface area (Å²) in [5.41, 5.74) is -1.24. The van der Waals surface area contributed by atoms with Gasteiger partial charge in [-0.3, -0.25) is 9.48 Å². The maximum Gasteiger partial charge on any atom is 0.436 e. The van der Waals surface area contributed by atoms with E-state index < -0.39 is 23.5 Å². The van der Waals surface area contributed by atoms with Crippen molar-refractivity contribution in [2.75, 3.05) is 0 Å². The molecule has 1 N–H and O–H groups in total. The van der Waals surface area contributed by atoms with Gasteiger partial charge in [-0.25, -0.2) is 0 Å². The van der Waals surface area contributed by atoms with Gasteiger partial charge >= 0.3 is 6.18 Å². The Hall–Kier alpha value is -1.24. The summed E-state index contributed by atoms with van der Waals surface area (Å²) in [5.74, 6) is -0.424. The van der Waals surface area contributed by atoms with Crippen molar-refractivity contribution in [2.45, 2.75) is 70.6 Å². The number of nitrogens with one attached hydrogen (secondary N) is 1. The number of carbonyl (C=O) groups excluding carboxylic acids is 1. The average Bonchev–Trinajstić information content (AvgIpc) is 3.19. The van der Waals surface area contributed by atoms with Gasteiger partial charge in [0, 0.05) is 11.5 Å². The lowest BCUT2D eigenvalue weighted by molar-refractivity contribution is -0.142. The molecule has 0 radical (unpaired) electrons. The molecule has 1 fully saturated rings. The highest BCUT2D eigenvalue weighted by atomic mass is 35.5. The number of hydrogen-bond acceptors (Lipinski definition) is 2. The molecule has 1 amide bonds. The van der Waals surface area contributed by atoms with Crippen LogP contribution < -0.4 is 5.32 Å². The predicted molar refractivity (Wildman–Crippen MR) is 81.4 cm³/mol. The molecule has 4 nitrogen and oxygen atoms in total. The van der Waals surface area contributed by atoms with Crippen molar-refractivity contribution in [3.8, 4) is 0 Å². The van der Waals surface area contributed by atoms with Crippen LogP contribution in [0, 0.1) is 0 Å². The van der Waals surface area contributed by atoms with Crippen LogP contribution in [0.25, 0.3) is 0 Å². The number of amides is 1. The number of alkyl halides is 3. The van der Waals surface area contributed by atoms with Crippen LogP contribution in [0.5, 0.6) is 0 Å². The molecule has 1 saturated carbocycles. The molecule has 1 atom stereocenters. The van der Waals surface area contributed by atoms with Crippen molar-refractivity contribution < 1.29 is 18.0 Å². The van der Waals surface area contributed by atoms with E-state index in [1.165, 1.54) is 6.92 Å². The SMILES string of the molecule is CCC(C)(C)NC(=O)[C@H](C)n1nc(C(F)(F)F)c(Cl)c1C1CC1. The van der Waals surface area contributed by atoms with Gasteiger partial charge in [-0.2, -0.15) is 18.3 Å². The zero-order chi connectivity index (χ0) is 17.6. The lowest BCUT2D eigenvalue weighted by atomic mass is 10.0. The summed E-state index contributed by atoms with van der Waals surface area (Å²) in [6, 6.07) is -0.856. The molecule has 0 unspecified atom stereocenters. The first-order valence-electron chi connectivity index (χ1n) is 7.65. The average molecular weight is 352 g/mol. The molecule has 1 aromatic rings. The molecule has 0 aromatic carbocycles. The Balaban J connectivity index is 2.36. The monoisotopic (exact) mass is 351 g/mol. The number of carbonyl (C=O) groups is 1. The second kappa shape index (κ2) is 6.00. The van der Waals surface area contributed by atoms with Crippen molar-refractivity contribution in [1.82, 2.24) is 15.1 Å². The van der Waals surface area contributed by atoms with E-state index in [1.807, 2.05) is 20.8 Å². The van der Waals surface area contributed by atoms with Gasteiger partial charge in [0.15, 0.2) is 5.69 Å². The quantitative estimate of drug-likeness (QED) is 0.859. The fraction of sp³-hybridized carbons (Fsp3) is 0.733. The summed E-state index contributed by atoms with van der Waals surface area (Å²) in [5, 5.41) is 6.07. The third-order valence-corrected chi connectivity index (χ3v) is 4.58. The Morgan fingerprint density at radius 1 is 1.43 bits per heavy atom. The minimum absolute atomic E-state index is 0.0551. The first kappa shape index (κ1) is 18.1. The van der Waals surface area contributed by atoms with Crippen LogP contribution in [-0.2, 0) is 11.0 Å². The van der Waals surface area contributed by atoms with Crippen LogP contribution in [-0.4, -0.2) is 21.2 Å². The van der Waals surface area contributed by atoms with E-state index in [2.05, 4.69) is 10.4 Å². The Labute approximate surface area is 138 Å². The Bertz CT molecular complexity index is 606. The van der Waals surface area contributed by atoms with E-state index in [1.54, 1.807) is 0 Å². The molecule has 130 valence electrons. The van der Waals surface area contributed by atoms with Gasteiger partial charge in [-0.15, -0.1) is 0 Å². The summed E-state index contributed by atoms with van der Waals surface area (Å²) in [7, 11) is 0. The zero-order valence-electron chi connectivity index (χ0n) is 13.6. The molecule has 0 spiro atoms. The van der Waals surface area contributed by atoms with Gasteiger partial charge in [0.2, 0.25) is 5.91 Å². The predicted octanol–water partition coefficient (Wildman–Crippen LogP) is 4.30. The van der Waals surface area contributed by atoms with E-state index >= 15 is 0 Å². The molecule has 0 aliphatic heterocycles. The molecule has 23 heavy (non-hydrogen) atoms. The third-order valence-electron chi connectivity index (χ3n) is 4.21. The summed E-state index contributed by atoms with van der Waals surface area (Å²) < 4.78 is 40.3. The number of halogens is 4. The van der Waals surface area contributed by atoms with Crippen LogP contribution in [0.1, 0.15) is 70.3 Å². The highest BCUT2D eigenvalue weighted by Crippen LogP contribution is 2.47. The highest BCUT2D eigenvalue weighted by Gasteiger charge is 2.43. The van der Waals surface area contributed by atoms with Crippen LogP contribution in [0.15, 0.2) is 0 Å². The second-order valence-corrected chi connectivity index (χ2v) is 7.05. The smallest absolute Gasteiger partial charge is 0.349 e. The molecule has 2 rings (SSSR count). The van der Waals surface area contributed by atoms with E-state index in [0.717, 1.165) is 17.5 Å². The highest BCUT2D eigenvalue weighted by molar-refractivity contribution is 6.32. The largest absolute Gasteiger partial charge is 0.436 e. The van der Waals surface area contributed by atoms with Crippen molar-refractivity contribution in [3.63, 3.8) is 0 Å². The topological polar surface area (TPSA) is 46.9 Å². The summed E-state index contributed by atoms with van der Waals surface area (Å²) in [4.78, 5) is 12.4. The van der Waals surface area contributed by atoms with Crippen LogP contribution in [0.2, 0.25) is 5.02 Å². The molecule has 0 saturated heterocycles. The minimum atomic E-state index is -4.63. The van der Waals surface area contributed by atoms with E-state index in [4.69, 9.17) is 11.6 Å². The molecule has 8 heteroatoms. The number of rotatable bonds is 5. The summed E-state index contributed by atoms with van der Waals surface area (Å²) in [6.45, 7) is 7.18. The van der Waals surface area contributed by atoms with Gasteiger partial charge in [0.1, 0.15) is 6.04 Å². The number of aromatic nitrogens is 2. The fourth-order valence-corrected chi connectivity index (χ4v) is 2.65. The fourth-order valence-electron chi connectivity index (χ4n) is 2.26. The summed E-state index contributed by atoms with van der Waals surface area (Å²) in [6.07, 6.45) is -2.41. The van der Waals surface area contributed by atoms with Gasteiger partial charge in [-0.05, 0) is 40.0 Å². The Kier molecular flexibility index (Phi) is 4.72. The molecule has 0 bridgehead atoms. The molecule has 1 aliphatic rings. The van der Waals surface area contributed by atoms with Gasteiger partial charge < -0.3 is 5.32 Å². The van der Waals surface area contributed by atoms with Crippen molar-refractivity contribution in [2.24, 2.45) is 0 Å². The van der Waals surface area contributed by atoms with Crippen LogP contribution in [0.3, 0.4) is 0 Å². The van der Waals surface area contributed by atoms with Gasteiger partial charge in [-0.1, -0.05) is 18.5 Å². The first-order chi connectivity index (χ1) is 10.5. The Morgan fingerprint density at radius 2 is 2.00 bits per heavy atom. The summed E-state index contributed by atoms with van der Waals surface area (Å²) >= 11 is 5.92. The minimum Gasteiger partial charge on any atom is -0.349 e. The molecule has 1 aliphatic carbocycles. The van der Waals surface area contributed by atoms with Gasteiger partial charge in [0.05, 0.1) is 10.7 Å². The molecular formula is C15H21ClF3N3O. The molecule has 1 aromatic heterocycles. The lowest BCUT2D eigenvalue weighted by Gasteiger charge is -2.27. The van der Waals surface area contributed by atoms with Crippen molar-refractivity contribution >= 4 is 17.5 Å². The maximum atomic E-state index is 13.1. The third kappa shape index (κ3) is 3.82. The van der Waals surface area contributed by atoms with Crippen LogP contribution in [0.4, 0.5) is 13.2 Å². The standard InChI is InChI=1S/C15H21ClF3N3O/c1-5-14(3,4)20-13(23)8(2)22-11(9-6-7-9)10(16)12(21-22)15(17,18)19/h8-9H,5-7H2,1-4H3,(H,20,23)/t8-/m0/s1. The van der Waals surface area contributed by atoms with E-state index in [-0.39, 0.29) is 16.8 Å².